The van der Waals surface area contributed by atoms with E-state index >= 15 is 0 Å². The van der Waals surface area contributed by atoms with Gasteiger partial charge in [-0.2, -0.15) is 0 Å². The van der Waals surface area contributed by atoms with Crippen molar-refractivity contribution in [2.24, 2.45) is 11.8 Å². The van der Waals surface area contributed by atoms with E-state index < -0.39 is 0 Å². The zero-order chi connectivity index (χ0) is 14.2. The van der Waals surface area contributed by atoms with Crippen LogP contribution in [0.1, 0.15) is 10.5 Å². The highest BCUT2D eigenvalue weighted by Gasteiger charge is 2.42. The van der Waals surface area contributed by atoms with Crippen LogP contribution in [0.15, 0.2) is 29.4 Å². The first kappa shape index (κ1) is 12.7. The Labute approximate surface area is 126 Å². The Balaban J connectivity index is 1.43. The summed E-state index contributed by atoms with van der Waals surface area (Å²) >= 11 is 1.46. The first-order valence-electron chi connectivity index (χ1n) is 7.00. The number of rotatable bonds is 2. The number of carbonyl (C=O) groups excluding carboxylic acids is 1. The van der Waals surface area contributed by atoms with Gasteiger partial charge in [-0.1, -0.05) is 0 Å². The summed E-state index contributed by atoms with van der Waals surface area (Å²) in [5.41, 5.74) is 2.28. The normalized spacial score (nSPS) is 24.4. The number of thiazole rings is 1. The predicted molar refractivity (Wildman–Crippen MR) is 79.2 cm³/mol. The molecule has 2 aliphatic heterocycles. The lowest BCUT2D eigenvalue weighted by molar-refractivity contribution is 0.0777. The van der Waals surface area contributed by atoms with E-state index in [0.717, 1.165) is 32.1 Å². The van der Waals surface area contributed by atoms with E-state index in [4.69, 9.17) is 0 Å². The number of hydrogen-bond acceptors (Lipinski definition) is 6. The van der Waals surface area contributed by atoms with E-state index in [9.17, 15) is 4.79 Å². The van der Waals surface area contributed by atoms with Crippen LogP contribution in [0.3, 0.4) is 0 Å². The molecule has 0 aromatic carbocycles. The molecule has 2 aliphatic rings. The molecule has 2 aromatic rings. The highest BCUT2D eigenvalue weighted by Crippen LogP contribution is 2.33. The maximum atomic E-state index is 12.3. The average Bonchev–Trinajstić information content (AvgIpc) is 3.23. The topological polar surface area (TPSA) is 62.2 Å². The number of amides is 1. The minimum absolute atomic E-state index is 0.0631. The second-order valence-corrected chi connectivity index (χ2v) is 6.28. The summed E-state index contributed by atoms with van der Waals surface area (Å²) in [6.45, 7) is 3.47. The van der Waals surface area contributed by atoms with Crippen LogP contribution in [-0.2, 0) is 0 Å². The van der Waals surface area contributed by atoms with Crippen LogP contribution in [0.4, 0.5) is 5.95 Å². The van der Waals surface area contributed by atoms with Crippen LogP contribution in [-0.4, -0.2) is 51.9 Å². The molecule has 21 heavy (non-hydrogen) atoms. The maximum Gasteiger partial charge on any atom is 0.273 e. The molecule has 0 N–H and O–H groups in total. The van der Waals surface area contributed by atoms with Crippen molar-refractivity contribution in [2.45, 2.75) is 0 Å². The van der Waals surface area contributed by atoms with Crippen LogP contribution in [0.5, 0.6) is 0 Å². The van der Waals surface area contributed by atoms with Crippen LogP contribution in [0.25, 0.3) is 0 Å². The minimum Gasteiger partial charge on any atom is -0.340 e. The van der Waals surface area contributed by atoms with E-state index in [1.54, 1.807) is 17.9 Å². The molecular formula is C14H15N5OS. The van der Waals surface area contributed by atoms with E-state index in [0.29, 0.717) is 17.5 Å². The third-order valence-electron chi connectivity index (χ3n) is 4.26. The zero-order valence-electron chi connectivity index (χ0n) is 11.4. The monoisotopic (exact) mass is 301 g/mol. The highest BCUT2D eigenvalue weighted by atomic mass is 32.1. The molecule has 4 rings (SSSR count). The molecule has 2 aromatic heterocycles. The lowest BCUT2D eigenvalue weighted by atomic mass is 10.0. The highest BCUT2D eigenvalue weighted by molar-refractivity contribution is 7.07. The zero-order valence-corrected chi connectivity index (χ0v) is 12.2. The van der Waals surface area contributed by atoms with E-state index in [1.807, 2.05) is 16.3 Å². The van der Waals surface area contributed by atoms with Gasteiger partial charge in [-0.3, -0.25) is 4.79 Å². The van der Waals surface area contributed by atoms with Gasteiger partial charge in [0, 0.05) is 55.8 Å². The van der Waals surface area contributed by atoms with Gasteiger partial charge in [-0.25, -0.2) is 15.0 Å². The van der Waals surface area contributed by atoms with Gasteiger partial charge in [0.25, 0.3) is 5.91 Å². The number of likely N-dealkylation sites (tertiary alicyclic amines) is 1. The summed E-state index contributed by atoms with van der Waals surface area (Å²) in [4.78, 5) is 29.2. The van der Waals surface area contributed by atoms with Crippen molar-refractivity contribution in [3.63, 3.8) is 0 Å². The van der Waals surface area contributed by atoms with Crippen molar-refractivity contribution in [3.05, 3.63) is 35.0 Å². The van der Waals surface area contributed by atoms with Crippen LogP contribution < -0.4 is 4.90 Å². The van der Waals surface area contributed by atoms with Crippen molar-refractivity contribution in [1.82, 2.24) is 19.9 Å². The summed E-state index contributed by atoms with van der Waals surface area (Å²) in [5.74, 6) is 1.88. The van der Waals surface area contributed by atoms with Gasteiger partial charge in [0.05, 0.1) is 5.51 Å². The Bertz CT molecular complexity index is 618. The molecule has 6 nitrogen and oxygen atoms in total. The van der Waals surface area contributed by atoms with E-state index in [2.05, 4.69) is 19.9 Å². The maximum absolute atomic E-state index is 12.3. The van der Waals surface area contributed by atoms with Gasteiger partial charge >= 0.3 is 0 Å². The van der Waals surface area contributed by atoms with Crippen LogP contribution in [0, 0.1) is 11.8 Å². The van der Waals surface area contributed by atoms with Gasteiger partial charge in [0.15, 0.2) is 0 Å². The minimum atomic E-state index is 0.0631. The molecule has 1 amide bonds. The Morgan fingerprint density at radius 3 is 2.43 bits per heavy atom. The molecule has 2 saturated heterocycles. The molecule has 108 valence electrons. The molecule has 0 spiro atoms. The summed E-state index contributed by atoms with van der Waals surface area (Å²) < 4.78 is 0. The lowest BCUT2D eigenvalue weighted by Crippen LogP contribution is -2.33. The lowest BCUT2D eigenvalue weighted by Gasteiger charge is -2.21. The fourth-order valence-electron chi connectivity index (χ4n) is 3.26. The molecule has 0 saturated carbocycles. The molecule has 0 aliphatic carbocycles. The van der Waals surface area contributed by atoms with Gasteiger partial charge in [-0.15, -0.1) is 11.3 Å². The summed E-state index contributed by atoms with van der Waals surface area (Å²) in [6.07, 6.45) is 3.54. The van der Waals surface area contributed by atoms with Crippen molar-refractivity contribution in [3.8, 4) is 0 Å². The Morgan fingerprint density at radius 2 is 1.81 bits per heavy atom. The Morgan fingerprint density at radius 1 is 1.10 bits per heavy atom. The van der Waals surface area contributed by atoms with Gasteiger partial charge < -0.3 is 9.80 Å². The predicted octanol–water partition coefficient (Wildman–Crippen LogP) is 1.14. The number of aromatic nitrogens is 3. The standard InChI is InChI=1S/C14H15N5OS/c20-13(12-8-21-9-17-12)18-4-10-6-19(7-11(10)5-18)14-15-2-1-3-16-14/h1-3,8-11H,4-7H2. The molecular weight excluding hydrogens is 286 g/mol. The number of carbonyl (C=O) groups is 1. The SMILES string of the molecule is O=C(c1cscn1)N1CC2CN(c3ncccn3)CC2C1. The molecule has 0 bridgehead atoms. The second kappa shape index (κ2) is 5.07. The van der Waals surface area contributed by atoms with Crippen LogP contribution in [0.2, 0.25) is 0 Å². The number of nitrogens with zero attached hydrogens (tertiary/aromatic N) is 5. The first-order valence-corrected chi connectivity index (χ1v) is 7.95. The third kappa shape index (κ3) is 2.27. The molecule has 4 heterocycles. The average molecular weight is 301 g/mol. The number of anilines is 1. The molecule has 7 heteroatoms. The quantitative estimate of drug-likeness (QED) is 0.832. The van der Waals surface area contributed by atoms with Gasteiger partial charge in [0.2, 0.25) is 5.95 Å². The molecule has 2 unspecified atom stereocenters. The Kier molecular flexibility index (Phi) is 3.07. The van der Waals surface area contributed by atoms with Gasteiger partial charge in [0.1, 0.15) is 5.69 Å². The van der Waals surface area contributed by atoms with Crippen molar-refractivity contribution >= 4 is 23.2 Å². The fraction of sp³-hybridized carbons (Fsp3) is 0.429. The smallest absolute Gasteiger partial charge is 0.273 e. The number of fused-ring (bicyclic) bond motifs is 1. The number of hydrogen-bond donors (Lipinski definition) is 0. The van der Waals surface area contributed by atoms with E-state index in [-0.39, 0.29) is 5.91 Å². The van der Waals surface area contributed by atoms with Crippen LogP contribution >= 0.6 is 11.3 Å². The van der Waals surface area contributed by atoms with Crippen molar-refractivity contribution < 1.29 is 4.79 Å². The molecule has 2 atom stereocenters. The van der Waals surface area contributed by atoms with Crippen molar-refractivity contribution in [1.29, 1.82) is 0 Å². The second-order valence-electron chi connectivity index (χ2n) is 5.56. The van der Waals surface area contributed by atoms with Crippen molar-refractivity contribution in [2.75, 3.05) is 31.1 Å². The summed E-state index contributed by atoms with van der Waals surface area (Å²) in [6, 6.07) is 1.83. The first-order chi connectivity index (χ1) is 10.3. The van der Waals surface area contributed by atoms with E-state index in [1.165, 1.54) is 11.3 Å². The molecule has 2 fully saturated rings. The Hall–Kier alpha value is -2.02. The fourth-order valence-corrected chi connectivity index (χ4v) is 3.78. The third-order valence-corrected chi connectivity index (χ3v) is 4.85. The summed E-state index contributed by atoms with van der Waals surface area (Å²) in [7, 11) is 0. The molecule has 0 radical (unpaired) electrons. The largest absolute Gasteiger partial charge is 0.340 e. The van der Waals surface area contributed by atoms with Gasteiger partial charge in [-0.05, 0) is 6.07 Å². The summed E-state index contributed by atoms with van der Waals surface area (Å²) in [5, 5.41) is 1.82.